The van der Waals surface area contributed by atoms with E-state index in [9.17, 15) is 9.90 Å². The van der Waals surface area contributed by atoms with Crippen LogP contribution in [0.15, 0.2) is 0 Å². The predicted molar refractivity (Wildman–Crippen MR) is 163 cm³/mol. The summed E-state index contributed by atoms with van der Waals surface area (Å²) in [5, 5.41) is 28.3. The highest BCUT2D eigenvalue weighted by Gasteiger charge is 2.58. The molecule has 0 spiro atoms. The molecule has 234 valence electrons. The standard InChI is InChI=1S/C34H60N4O3/c1-8-20-16(3)24-13-26-18(5)22(10-11-31(40)41-7)33(37-26)23-12-30(39)32-19(6)27(38-34(23)32)15-29-21(9-2)17(4)25(36-29)14-28(20)35-24/h16-30,32-39H,8-15H2,1-7H3. The maximum absolute atomic E-state index is 12.3. The van der Waals surface area contributed by atoms with Crippen molar-refractivity contribution in [3.05, 3.63) is 0 Å². The van der Waals surface area contributed by atoms with Crippen LogP contribution < -0.4 is 21.3 Å². The van der Waals surface area contributed by atoms with Crippen molar-refractivity contribution in [3.8, 4) is 0 Å². The van der Waals surface area contributed by atoms with Gasteiger partial charge in [0, 0.05) is 60.7 Å². The van der Waals surface area contributed by atoms with Crippen LogP contribution in [0.1, 0.15) is 92.9 Å². The van der Waals surface area contributed by atoms with Gasteiger partial charge in [0.1, 0.15) is 0 Å². The van der Waals surface area contributed by atoms with E-state index >= 15 is 0 Å². The minimum Gasteiger partial charge on any atom is -0.469 e. The van der Waals surface area contributed by atoms with Gasteiger partial charge in [0.2, 0.25) is 0 Å². The van der Waals surface area contributed by atoms with Gasteiger partial charge >= 0.3 is 5.97 Å². The van der Waals surface area contributed by atoms with Crippen molar-refractivity contribution in [2.45, 2.75) is 147 Å². The number of aliphatic hydroxyl groups is 1. The number of esters is 1. The summed E-state index contributed by atoms with van der Waals surface area (Å²) in [5.74, 6) is 4.76. The molecule has 1 aliphatic carbocycles. The molecule has 5 N–H and O–H groups in total. The molecule has 7 nitrogen and oxygen atoms in total. The van der Waals surface area contributed by atoms with Gasteiger partial charge < -0.3 is 31.1 Å². The molecule has 6 fully saturated rings. The maximum Gasteiger partial charge on any atom is 0.305 e. The molecular weight excluding hydrogens is 512 g/mol. The molecule has 0 aromatic heterocycles. The number of carbonyl (C=O) groups excluding carboxylic acids is 1. The third kappa shape index (κ3) is 5.22. The molecule has 0 radical (unpaired) electrons. The van der Waals surface area contributed by atoms with Crippen LogP contribution in [0.2, 0.25) is 0 Å². The summed E-state index contributed by atoms with van der Waals surface area (Å²) >= 11 is 0. The summed E-state index contributed by atoms with van der Waals surface area (Å²) in [6, 6.07) is 3.73. The van der Waals surface area contributed by atoms with Gasteiger partial charge in [-0.2, -0.15) is 0 Å². The second kappa shape index (κ2) is 12.0. The van der Waals surface area contributed by atoms with Gasteiger partial charge in [-0.05, 0) is 79.4 Å². The second-order valence-electron chi connectivity index (χ2n) is 15.5. The Kier molecular flexibility index (Phi) is 8.86. The summed E-state index contributed by atoms with van der Waals surface area (Å²) in [4.78, 5) is 12.3. The highest BCUT2D eigenvalue weighted by atomic mass is 16.5. The fourth-order valence-electron chi connectivity index (χ4n) is 11.7. The van der Waals surface area contributed by atoms with E-state index in [1.807, 2.05) is 0 Å². The Morgan fingerprint density at radius 1 is 0.683 bits per heavy atom. The highest BCUT2D eigenvalue weighted by molar-refractivity contribution is 5.69. The zero-order valence-corrected chi connectivity index (χ0v) is 26.8. The monoisotopic (exact) mass is 572 g/mol. The first-order valence-corrected chi connectivity index (χ1v) is 17.5. The summed E-state index contributed by atoms with van der Waals surface area (Å²) in [7, 11) is 1.51. The molecule has 6 aliphatic rings. The van der Waals surface area contributed by atoms with Gasteiger partial charge in [0.15, 0.2) is 0 Å². The summed E-state index contributed by atoms with van der Waals surface area (Å²) in [6.45, 7) is 14.6. The Hall–Kier alpha value is -0.730. The summed E-state index contributed by atoms with van der Waals surface area (Å²) < 4.78 is 5.07. The van der Waals surface area contributed by atoms with Crippen molar-refractivity contribution >= 4 is 5.97 Å². The van der Waals surface area contributed by atoms with E-state index in [1.54, 1.807) is 0 Å². The average molecular weight is 573 g/mol. The number of rotatable bonds is 5. The lowest BCUT2D eigenvalue weighted by Crippen LogP contribution is -2.48. The van der Waals surface area contributed by atoms with E-state index in [1.165, 1.54) is 26.4 Å². The quantitative estimate of drug-likeness (QED) is 0.321. The van der Waals surface area contributed by atoms with Gasteiger partial charge in [-0.15, -0.1) is 0 Å². The fraction of sp³-hybridized carbons (Fsp3) is 0.971. The highest BCUT2D eigenvalue weighted by Crippen LogP contribution is 2.50. The normalized spacial score (nSPS) is 54.5. The average Bonchev–Trinajstić information content (AvgIpc) is 3.70. The molecule has 5 saturated heterocycles. The fourth-order valence-corrected chi connectivity index (χ4v) is 11.7. The Morgan fingerprint density at radius 3 is 1.73 bits per heavy atom. The van der Waals surface area contributed by atoms with Gasteiger partial charge in [0.05, 0.1) is 13.2 Å². The van der Waals surface area contributed by atoms with Crippen LogP contribution in [-0.4, -0.2) is 72.6 Å². The molecule has 5 heterocycles. The molecule has 6 rings (SSSR count). The van der Waals surface area contributed by atoms with Crippen LogP contribution in [0.4, 0.5) is 0 Å². The Morgan fingerprint density at radius 2 is 1.17 bits per heavy atom. The Bertz CT molecular complexity index is 934. The lowest BCUT2D eigenvalue weighted by atomic mass is 9.76. The van der Waals surface area contributed by atoms with Crippen LogP contribution in [0, 0.1) is 53.3 Å². The first kappa shape index (κ1) is 30.3. The third-order valence-electron chi connectivity index (χ3n) is 14.0. The van der Waals surface area contributed by atoms with Gasteiger partial charge in [0.25, 0.3) is 0 Å². The molecule has 41 heavy (non-hydrogen) atoms. The van der Waals surface area contributed by atoms with Gasteiger partial charge in [-0.1, -0.05) is 54.4 Å². The lowest BCUT2D eigenvalue weighted by Gasteiger charge is -2.32. The number of ether oxygens (including phenoxy) is 1. The number of methoxy groups -OCH3 is 1. The zero-order chi connectivity index (χ0) is 29.2. The molecule has 5 aliphatic heterocycles. The van der Waals surface area contributed by atoms with Crippen molar-refractivity contribution in [2.24, 2.45) is 53.3 Å². The molecule has 7 heteroatoms. The largest absolute Gasteiger partial charge is 0.469 e. The van der Waals surface area contributed by atoms with E-state index < -0.39 is 0 Å². The van der Waals surface area contributed by atoms with Gasteiger partial charge in [-0.25, -0.2) is 0 Å². The number of fused-ring (bicyclic) bond motifs is 8. The van der Waals surface area contributed by atoms with Crippen molar-refractivity contribution in [1.82, 2.24) is 21.3 Å². The minimum atomic E-state index is -0.249. The van der Waals surface area contributed by atoms with Crippen LogP contribution in [-0.2, 0) is 9.53 Å². The first-order chi connectivity index (χ1) is 19.7. The molecular formula is C34H60N4O3. The summed E-state index contributed by atoms with van der Waals surface area (Å²) in [5.41, 5.74) is 0. The number of nitrogens with one attached hydrogen (secondary N) is 4. The van der Waals surface area contributed by atoms with E-state index in [0.29, 0.717) is 102 Å². The molecule has 8 bridgehead atoms. The van der Waals surface area contributed by atoms with E-state index in [0.717, 1.165) is 31.6 Å². The van der Waals surface area contributed by atoms with Crippen LogP contribution in [0.5, 0.6) is 0 Å². The van der Waals surface area contributed by atoms with Crippen molar-refractivity contribution in [3.63, 3.8) is 0 Å². The zero-order valence-electron chi connectivity index (χ0n) is 26.8. The predicted octanol–water partition coefficient (Wildman–Crippen LogP) is 3.70. The van der Waals surface area contributed by atoms with Crippen molar-refractivity contribution in [1.29, 1.82) is 0 Å². The van der Waals surface area contributed by atoms with Crippen LogP contribution in [0.25, 0.3) is 0 Å². The topological polar surface area (TPSA) is 94.6 Å². The molecule has 18 unspecified atom stereocenters. The van der Waals surface area contributed by atoms with Crippen LogP contribution in [0.3, 0.4) is 0 Å². The van der Waals surface area contributed by atoms with E-state index in [2.05, 4.69) is 62.8 Å². The number of hydrogen-bond acceptors (Lipinski definition) is 7. The third-order valence-corrected chi connectivity index (χ3v) is 14.0. The molecule has 1 saturated carbocycles. The molecule has 0 aromatic rings. The van der Waals surface area contributed by atoms with Crippen molar-refractivity contribution < 1.29 is 14.6 Å². The minimum absolute atomic E-state index is 0.100. The number of carbonyl (C=O) groups is 1. The molecule has 0 aromatic carbocycles. The Labute approximate surface area is 249 Å². The molecule has 0 amide bonds. The van der Waals surface area contributed by atoms with E-state index in [-0.39, 0.29) is 12.1 Å². The summed E-state index contributed by atoms with van der Waals surface area (Å²) in [6.07, 6.45) is 7.96. The Balaban J connectivity index is 1.33. The first-order valence-electron chi connectivity index (χ1n) is 17.5. The van der Waals surface area contributed by atoms with Crippen LogP contribution >= 0.6 is 0 Å². The smallest absolute Gasteiger partial charge is 0.305 e. The second-order valence-corrected chi connectivity index (χ2v) is 15.5. The van der Waals surface area contributed by atoms with Crippen molar-refractivity contribution in [2.75, 3.05) is 7.11 Å². The number of aliphatic hydroxyl groups excluding tert-OH is 1. The SMILES string of the molecule is CCC1C2CC3NC(CC4NC5C(CC(O)C5C4C)C4NC(CC(N2)C1C)C(C)C4CCC(=O)OC)C(CC)C3C. The number of hydrogen-bond donors (Lipinski definition) is 5. The maximum atomic E-state index is 12.3. The molecule has 18 atom stereocenters. The lowest BCUT2D eigenvalue weighted by molar-refractivity contribution is -0.141. The van der Waals surface area contributed by atoms with Gasteiger partial charge in [-0.3, -0.25) is 4.79 Å². The van der Waals surface area contributed by atoms with E-state index in [4.69, 9.17) is 4.74 Å².